The Labute approximate surface area is 362 Å². The third kappa shape index (κ3) is 41.1. The molecular formula is C48H78NO10P. The molecule has 0 spiro atoms. The van der Waals surface area contributed by atoms with Crippen LogP contribution in [0.15, 0.2) is 97.2 Å². The Balaban J connectivity index is 3.99. The number of aliphatic hydroxyl groups excluding tert-OH is 1. The van der Waals surface area contributed by atoms with Crippen molar-refractivity contribution in [1.82, 2.24) is 5.32 Å². The van der Waals surface area contributed by atoms with Crippen molar-refractivity contribution >= 4 is 25.7 Å². The van der Waals surface area contributed by atoms with E-state index in [1.165, 1.54) is 6.42 Å². The zero-order chi connectivity index (χ0) is 44.2. The van der Waals surface area contributed by atoms with Crippen LogP contribution in [-0.4, -0.2) is 64.9 Å². The van der Waals surface area contributed by atoms with E-state index in [-0.39, 0.29) is 12.8 Å². The smallest absolute Gasteiger partial charge is 0.472 e. The molecule has 0 aliphatic rings. The molecule has 0 aromatic heterocycles. The molecular weight excluding hydrogens is 781 g/mol. The van der Waals surface area contributed by atoms with Gasteiger partial charge in [0.25, 0.3) is 0 Å². The van der Waals surface area contributed by atoms with Crippen molar-refractivity contribution in [2.75, 3.05) is 19.8 Å². The fourth-order valence-corrected chi connectivity index (χ4v) is 6.19. The van der Waals surface area contributed by atoms with E-state index in [2.05, 4.69) is 116 Å². The maximum Gasteiger partial charge on any atom is 0.472 e. The molecule has 1 amide bonds. The number of aliphatic carboxylic acids is 1. The minimum absolute atomic E-state index is 0.109. The van der Waals surface area contributed by atoms with E-state index >= 15 is 0 Å². The van der Waals surface area contributed by atoms with E-state index in [4.69, 9.17) is 13.8 Å². The summed E-state index contributed by atoms with van der Waals surface area (Å²) in [6.45, 7) is 2.36. The van der Waals surface area contributed by atoms with E-state index in [0.29, 0.717) is 12.8 Å². The number of hydrogen-bond donors (Lipinski definition) is 4. The highest BCUT2D eigenvalue weighted by atomic mass is 31.2. The van der Waals surface area contributed by atoms with Crippen molar-refractivity contribution in [2.45, 2.75) is 167 Å². The topological polar surface area (TPSA) is 169 Å². The lowest BCUT2D eigenvalue weighted by Gasteiger charge is -2.18. The Hall–Kier alpha value is -3.60. The van der Waals surface area contributed by atoms with Crippen molar-refractivity contribution in [3.63, 3.8) is 0 Å². The Bertz CT molecular complexity index is 1380. The maximum atomic E-state index is 12.3. The molecule has 3 atom stereocenters. The Morgan fingerprint density at radius 2 is 0.967 bits per heavy atom. The van der Waals surface area contributed by atoms with E-state index in [9.17, 15) is 34.1 Å². The zero-order valence-electron chi connectivity index (χ0n) is 36.7. The van der Waals surface area contributed by atoms with E-state index in [1.54, 1.807) is 0 Å². The van der Waals surface area contributed by atoms with Gasteiger partial charge < -0.3 is 25.2 Å². The molecule has 3 unspecified atom stereocenters. The summed E-state index contributed by atoms with van der Waals surface area (Å²) in [4.78, 5) is 45.9. The van der Waals surface area contributed by atoms with Crippen LogP contribution in [0.3, 0.4) is 0 Å². The van der Waals surface area contributed by atoms with Gasteiger partial charge in [-0.2, -0.15) is 0 Å². The third-order valence-electron chi connectivity index (χ3n) is 8.84. The van der Waals surface area contributed by atoms with Crippen LogP contribution in [-0.2, 0) is 32.7 Å². The van der Waals surface area contributed by atoms with Crippen molar-refractivity contribution in [2.24, 2.45) is 0 Å². The summed E-state index contributed by atoms with van der Waals surface area (Å²) in [6, 6.07) is -1.57. The van der Waals surface area contributed by atoms with Gasteiger partial charge in [-0.3, -0.25) is 18.6 Å². The molecule has 11 nitrogen and oxygen atoms in total. The summed E-state index contributed by atoms with van der Waals surface area (Å²) in [6.07, 6.45) is 52.9. The van der Waals surface area contributed by atoms with E-state index in [1.807, 2.05) is 0 Å². The predicted molar refractivity (Wildman–Crippen MR) is 244 cm³/mol. The van der Waals surface area contributed by atoms with Gasteiger partial charge in [-0.1, -0.05) is 150 Å². The fraction of sp³-hybridized carbons (Fsp3) is 0.604. The number of phosphoric acid groups is 1. The van der Waals surface area contributed by atoms with E-state index in [0.717, 1.165) is 109 Å². The highest BCUT2D eigenvalue weighted by Crippen LogP contribution is 2.43. The van der Waals surface area contributed by atoms with Crippen molar-refractivity contribution in [3.05, 3.63) is 97.2 Å². The largest absolute Gasteiger partial charge is 0.480 e. The molecule has 0 aromatic carbocycles. The third-order valence-corrected chi connectivity index (χ3v) is 9.79. The Kier molecular flexibility index (Phi) is 39.6. The molecule has 0 aliphatic heterocycles. The van der Waals surface area contributed by atoms with Crippen molar-refractivity contribution < 1.29 is 47.8 Å². The normalized spacial score (nSPS) is 14.6. The van der Waals surface area contributed by atoms with Crippen LogP contribution < -0.4 is 5.32 Å². The molecule has 0 saturated heterocycles. The van der Waals surface area contributed by atoms with E-state index < -0.39 is 57.6 Å². The number of nitrogens with one attached hydrogen (secondary N) is 1. The first-order valence-corrected chi connectivity index (χ1v) is 23.8. The van der Waals surface area contributed by atoms with Gasteiger partial charge in [0.2, 0.25) is 5.91 Å². The number of carboxylic acid groups (broad SMARTS) is 1. The molecule has 0 fully saturated rings. The number of esters is 1. The SMILES string of the molecule is CC/C=C\C/C=C\C/C=C\C/C=C\C/C=C\C/C=C\CCCCCCC(=O)NC(COP(=O)(O)OCC(O)COC(=O)CCCCCCC/C=C\C/C=C\CCC)C(=O)O. The number of carboxylic acids is 1. The molecule has 12 heteroatoms. The van der Waals surface area contributed by atoms with Crippen LogP contribution in [0.5, 0.6) is 0 Å². The number of allylic oxidation sites excluding steroid dienone is 16. The lowest BCUT2D eigenvalue weighted by atomic mass is 10.1. The number of carbonyl (C=O) groups is 3. The predicted octanol–water partition coefficient (Wildman–Crippen LogP) is 11.7. The minimum atomic E-state index is -4.77. The molecule has 0 aromatic rings. The van der Waals surface area contributed by atoms with Gasteiger partial charge in [-0.15, -0.1) is 0 Å². The van der Waals surface area contributed by atoms with Crippen LogP contribution in [0.25, 0.3) is 0 Å². The Morgan fingerprint density at radius 1 is 0.550 bits per heavy atom. The standard InChI is InChI=1S/C48H78NO10P/c1-3-5-7-9-11-13-15-17-18-19-20-21-22-23-24-25-26-28-29-31-33-35-37-39-46(51)49-45(48(53)54)43-59-60(55,56)58-42-44(50)41-57-47(52)40-38-36-34-32-30-27-16-14-12-10-8-6-4-2/h5,7-8,10-11,13-14,16-18,20-21,23-24,26,28,44-45,50H,3-4,6,9,12,15,19,22,25,27,29-43H2,1-2H3,(H,49,51)(H,53,54)(H,55,56)/b7-5-,10-8-,13-11-,16-14-,18-17-,21-20-,24-23-,28-26-. The average Bonchev–Trinajstić information content (AvgIpc) is 3.22. The molecule has 0 rings (SSSR count). The molecule has 4 N–H and O–H groups in total. The molecule has 0 saturated carbocycles. The van der Waals surface area contributed by atoms with Crippen LogP contribution in [0, 0.1) is 0 Å². The monoisotopic (exact) mass is 860 g/mol. The quantitative estimate of drug-likeness (QED) is 0.0201. The first-order chi connectivity index (χ1) is 29.1. The molecule has 0 bridgehead atoms. The number of unbranched alkanes of at least 4 members (excludes halogenated alkanes) is 10. The summed E-state index contributed by atoms with van der Waals surface area (Å²) in [5, 5.41) is 21.8. The van der Waals surface area contributed by atoms with Crippen molar-refractivity contribution in [3.8, 4) is 0 Å². The Morgan fingerprint density at radius 3 is 1.45 bits per heavy atom. The molecule has 340 valence electrons. The second-order valence-corrected chi connectivity index (χ2v) is 16.0. The van der Waals surface area contributed by atoms with Gasteiger partial charge in [0.05, 0.1) is 13.2 Å². The van der Waals surface area contributed by atoms with Gasteiger partial charge in [0.15, 0.2) is 6.04 Å². The van der Waals surface area contributed by atoms with Gasteiger partial charge >= 0.3 is 19.8 Å². The highest BCUT2D eigenvalue weighted by Gasteiger charge is 2.28. The maximum absolute atomic E-state index is 12.3. The van der Waals surface area contributed by atoms with Crippen LogP contribution in [0.4, 0.5) is 0 Å². The van der Waals surface area contributed by atoms with Crippen molar-refractivity contribution in [1.29, 1.82) is 0 Å². The number of phosphoric ester groups is 1. The van der Waals surface area contributed by atoms with Gasteiger partial charge in [0.1, 0.15) is 12.7 Å². The summed E-state index contributed by atoms with van der Waals surface area (Å²) >= 11 is 0. The number of rotatable bonds is 40. The summed E-state index contributed by atoms with van der Waals surface area (Å²) in [7, 11) is -4.77. The van der Waals surface area contributed by atoms with Crippen LogP contribution in [0.2, 0.25) is 0 Å². The molecule has 0 heterocycles. The second kappa shape index (κ2) is 42.1. The number of aliphatic hydroxyl groups is 1. The first-order valence-electron chi connectivity index (χ1n) is 22.3. The summed E-state index contributed by atoms with van der Waals surface area (Å²) in [5.41, 5.74) is 0. The molecule has 0 radical (unpaired) electrons. The van der Waals surface area contributed by atoms with Gasteiger partial charge in [0, 0.05) is 12.8 Å². The fourth-order valence-electron chi connectivity index (χ4n) is 5.41. The number of carbonyl (C=O) groups excluding carboxylic acids is 2. The van der Waals surface area contributed by atoms with Gasteiger partial charge in [-0.25, -0.2) is 9.36 Å². The molecule has 60 heavy (non-hydrogen) atoms. The number of hydrogen-bond acceptors (Lipinski definition) is 8. The number of amides is 1. The lowest BCUT2D eigenvalue weighted by Crippen LogP contribution is -2.43. The average molecular weight is 860 g/mol. The van der Waals surface area contributed by atoms with Crippen LogP contribution >= 0.6 is 7.82 Å². The lowest BCUT2D eigenvalue weighted by molar-refractivity contribution is -0.147. The first kappa shape index (κ1) is 56.4. The zero-order valence-corrected chi connectivity index (χ0v) is 37.6. The highest BCUT2D eigenvalue weighted by molar-refractivity contribution is 7.47. The summed E-state index contributed by atoms with van der Waals surface area (Å²) in [5.74, 6) is -2.44. The minimum Gasteiger partial charge on any atom is -0.480 e. The second-order valence-electron chi connectivity index (χ2n) is 14.5. The summed E-state index contributed by atoms with van der Waals surface area (Å²) < 4.78 is 26.8. The number of ether oxygens (including phenoxy) is 1. The van der Waals surface area contributed by atoms with Gasteiger partial charge in [-0.05, 0) is 89.9 Å². The van der Waals surface area contributed by atoms with Crippen LogP contribution in [0.1, 0.15) is 155 Å². The molecule has 0 aliphatic carbocycles.